The van der Waals surface area contributed by atoms with Crippen molar-refractivity contribution in [3.8, 4) is 5.75 Å². The molecule has 0 aliphatic rings. The van der Waals surface area contributed by atoms with Gasteiger partial charge in [0.2, 0.25) is 5.91 Å². The molecule has 1 unspecified atom stereocenters. The van der Waals surface area contributed by atoms with E-state index in [0.717, 1.165) is 0 Å². The van der Waals surface area contributed by atoms with Gasteiger partial charge < -0.3 is 10.1 Å². The van der Waals surface area contributed by atoms with E-state index < -0.39 is 28.4 Å². The molecule has 0 aromatic heterocycles. The number of alkyl halides is 2. The average molecular weight is 432 g/mol. The Morgan fingerprint density at radius 1 is 1.14 bits per heavy atom. The van der Waals surface area contributed by atoms with E-state index in [0.29, 0.717) is 17.0 Å². The number of rotatable bonds is 9. The first kappa shape index (κ1) is 22.1. The molecule has 1 N–H and O–H groups in total. The molecule has 0 bridgehead atoms. The van der Waals surface area contributed by atoms with Crippen LogP contribution >= 0.6 is 11.6 Å². The van der Waals surface area contributed by atoms with E-state index in [4.69, 9.17) is 11.6 Å². The molecule has 152 valence electrons. The van der Waals surface area contributed by atoms with Gasteiger partial charge in [-0.15, -0.1) is 0 Å². The largest absolute Gasteiger partial charge is 0.434 e. The summed E-state index contributed by atoms with van der Waals surface area (Å²) in [7, 11) is -3.65. The van der Waals surface area contributed by atoms with Gasteiger partial charge in [0.25, 0.3) is 0 Å². The molecule has 9 heteroatoms. The van der Waals surface area contributed by atoms with Crippen LogP contribution in [0.4, 0.5) is 8.78 Å². The van der Waals surface area contributed by atoms with Crippen molar-refractivity contribution in [1.29, 1.82) is 0 Å². The van der Waals surface area contributed by atoms with E-state index in [1.165, 1.54) is 30.3 Å². The predicted octanol–water partition coefficient (Wildman–Crippen LogP) is 4.37. The van der Waals surface area contributed by atoms with Crippen LogP contribution in [0.2, 0.25) is 5.02 Å². The normalized spacial score (nSPS) is 12.6. The Hall–Kier alpha value is -2.19. The predicted molar refractivity (Wildman–Crippen MR) is 102 cm³/mol. The van der Waals surface area contributed by atoms with Gasteiger partial charge in [0.1, 0.15) is 5.75 Å². The van der Waals surface area contributed by atoms with Crippen molar-refractivity contribution in [2.45, 2.75) is 37.3 Å². The van der Waals surface area contributed by atoms with Gasteiger partial charge in [-0.2, -0.15) is 8.78 Å². The molecule has 0 aliphatic heterocycles. The molecule has 0 saturated heterocycles. The lowest BCUT2D eigenvalue weighted by atomic mass is 10.0. The summed E-state index contributed by atoms with van der Waals surface area (Å²) >= 11 is 5.75. The summed E-state index contributed by atoms with van der Waals surface area (Å²) in [5.74, 6) is -0.916. The zero-order valence-electron chi connectivity index (χ0n) is 15.1. The van der Waals surface area contributed by atoms with Crippen molar-refractivity contribution in [3.05, 3.63) is 59.1 Å². The van der Waals surface area contributed by atoms with Crippen molar-refractivity contribution >= 4 is 27.3 Å². The molecular weight excluding hydrogens is 412 g/mol. The lowest BCUT2D eigenvalue weighted by Crippen LogP contribution is -2.30. The number of amides is 1. The highest BCUT2D eigenvalue weighted by atomic mass is 35.5. The summed E-state index contributed by atoms with van der Waals surface area (Å²) in [4.78, 5) is 12.3. The van der Waals surface area contributed by atoms with Gasteiger partial charge in [-0.05, 0) is 36.8 Å². The highest BCUT2D eigenvalue weighted by Gasteiger charge is 2.21. The minimum Gasteiger partial charge on any atom is -0.434 e. The number of hydrogen-bond donors (Lipinski definition) is 1. The molecule has 0 radical (unpaired) electrons. The van der Waals surface area contributed by atoms with E-state index in [1.54, 1.807) is 25.1 Å². The third-order valence-electron chi connectivity index (χ3n) is 4.02. The Morgan fingerprint density at radius 2 is 1.79 bits per heavy atom. The molecule has 0 aliphatic carbocycles. The highest BCUT2D eigenvalue weighted by Crippen LogP contribution is 2.28. The van der Waals surface area contributed by atoms with Crippen LogP contribution < -0.4 is 10.1 Å². The Kier molecular flexibility index (Phi) is 7.77. The SMILES string of the molecule is CCC(NC(=O)CCS(=O)(=O)c1ccc(Cl)cc1)c1ccccc1OC(F)F. The van der Waals surface area contributed by atoms with Gasteiger partial charge in [-0.1, -0.05) is 36.7 Å². The van der Waals surface area contributed by atoms with Crippen LogP contribution in [0.3, 0.4) is 0 Å². The first-order chi connectivity index (χ1) is 13.2. The standard InChI is InChI=1S/C19H20ClF2NO4S/c1-2-16(15-5-3-4-6-17(15)27-19(21)22)23-18(24)11-12-28(25,26)14-9-7-13(20)8-10-14/h3-10,16,19H,2,11-12H2,1H3,(H,23,24). The zero-order valence-corrected chi connectivity index (χ0v) is 16.6. The van der Waals surface area contributed by atoms with Crippen LogP contribution in [0.5, 0.6) is 5.75 Å². The van der Waals surface area contributed by atoms with Crippen LogP contribution in [0, 0.1) is 0 Å². The molecule has 5 nitrogen and oxygen atoms in total. The summed E-state index contributed by atoms with van der Waals surface area (Å²) in [5, 5.41) is 3.09. The quantitative estimate of drug-likeness (QED) is 0.639. The van der Waals surface area contributed by atoms with Gasteiger partial charge in [0.05, 0.1) is 16.7 Å². The van der Waals surface area contributed by atoms with Crippen molar-refractivity contribution < 1.29 is 26.7 Å². The smallest absolute Gasteiger partial charge is 0.387 e. The third-order valence-corrected chi connectivity index (χ3v) is 6.01. The summed E-state index contributed by atoms with van der Waals surface area (Å²) in [6.07, 6.45) is 0.151. The van der Waals surface area contributed by atoms with Gasteiger partial charge >= 0.3 is 6.61 Å². The lowest BCUT2D eigenvalue weighted by molar-refractivity contribution is -0.121. The maximum absolute atomic E-state index is 12.6. The minimum absolute atomic E-state index is 0.0292. The zero-order chi connectivity index (χ0) is 20.7. The Balaban J connectivity index is 2.04. The number of nitrogens with one attached hydrogen (secondary N) is 1. The van der Waals surface area contributed by atoms with Crippen LogP contribution in [0.15, 0.2) is 53.4 Å². The fourth-order valence-corrected chi connectivity index (χ4v) is 3.99. The Labute approximate surface area is 167 Å². The molecule has 28 heavy (non-hydrogen) atoms. The number of carbonyl (C=O) groups excluding carboxylic acids is 1. The molecule has 0 heterocycles. The first-order valence-corrected chi connectivity index (χ1v) is 10.6. The number of sulfone groups is 1. The van der Waals surface area contributed by atoms with E-state index in [9.17, 15) is 22.0 Å². The monoisotopic (exact) mass is 431 g/mol. The van der Waals surface area contributed by atoms with Gasteiger partial charge in [0, 0.05) is 17.0 Å². The molecule has 1 amide bonds. The van der Waals surface area contributed by atoms with Crippen LogP contribution in [0.1, 0.15) is 31.4 Å². The average Bonchev–Trinajstić information content (AvgIpc) is 2.65. The molecule has 2 aromatic rings. The summed E-state index contributed by atoms with van der Waals surface area (Å²) in [6, 6.07) is 11.3. The number of hydrogen-bond acceptors (Lipinski definition) is 4. The van der Waals surface area contributed by atoms with E-state index >= 15 is 0 Å². The highest BCUT2D eigenvalue weighted by molar-refractivity contribution is 7.91. The molecule has 2 aromatic carbocycles. The summed E-state index contributed by atoms with van der Waals surface area (Å²) in [5.41, 5.74) is 0.402. The number of para-hydroxylation sites is 1. The van der Waals surface area contributed by atoms with Gasteiger partial charge in [-0.3, -0.25) is 4.79 Å². The Morgan fingerprint density at radius 3 is 2.39 bits per heavy atom. The van der Waals surface area contributed by atoms with Crippen molar-refractivity contribution in [2.75, 3.05) is 5.75 Å². The topological polar surface area (TPSA) is 72.5 Å². The van der Waals surface area contributed by atoms with E-state index in [1.807, 2.05) is 0 Å². The van der Waals surface area contributed by atoms with Gasteiger partial charge in [-0.25, -0.2) is 8.42 Å². The molecule has 2 rings (SSSR count). The maximum atomic E-state index is 12.6. The number of carbonyl (C=O) groups is 1. The van der Waals surface area contributed by atoms with Crippen LogP contribution in [-0.4, -0.2) is 26.7 Å². The molecule has 0 spiro atoms. The molecule has 1 atom stereocenters. The fourth-order valence-electron chi connectivity index (χ4n) is 2.62. The minimum atomic E-state index is -3.65. The molecule has 0 saturated carbocycles. The number of benzene rings is 2. The van der Waals surface area contributed by atoms with Gasteiger partial charge in [0.15, 0.2) is 9.84 Å². The first-order valence-electron chi connectivity index (χ1n) is 8.54. The second kappa shape index (κ2) is 9.84. The third kappa shape index (κ3) is 6.17. The lowest BCUT2D eigenvalue weighted by Gasteiger charge is -2.20. The second-order valence-electron chi connectivity index (χ2n) is 5.97. The van der Waals surface area contributed by atoms with E-state index in [2.05, 4.69) is 10.1 Å². The second-order valence-corrected chi connectivity index (χ2v) is 8.51. The number of halogens is 3. The van der Waals surface area contributed by atoms with Crippen LogP contribution in [-0.2, 0) is 14.6 Å². The summed E-state index contributed by atoms with van der Waals surface area (Å²) in [6.45, 7) is -1.21. The van der Waals surface area contributed by atoms with Crippen molar-refractivity contribution in [1.82, 2.24) is 5.32 Å². The van der Waals surface area contributed by atoms with Crippen molar-refractivity contribution in [3.63, 3.8) is 0 Å². The van der Waals surface area contributed by atoms with Crippen molar-refractivity contribution in [2.24, 2.45) is 0 Å². The Bertz CT molecular complexity index is 904. The fraction of sp³-hybridized carbons (Fsp3) is 0.316. The van der Waals surface area contributed by atoms with E-state index in [-0.39, 0.29) is 22.8 Å². The molecule has 0 fully saturated rings. The molecular formula is C19H20ClF2NO4S. The number of ether oxygens (including phenoxy) is 1. The summed E-state index contributed by atoms with van der Waals surface area (Å²) < 4.78 is 54.3. The maximum Gasteiger partial charge on any atom is 0.387 e. The van der Waals surface area contributed by atoms with Crippen LogP contribution in [0.25, 0.3) is 0 Å².